The fourth-order valence-electron chi connectivity index (χ4n) is 2.18. The second kappa shape index (κ2) is 3.27. The number of rotatable bonds is 0. The number of phenols is 1. The van der Waals surface area contributed by atoms with Crippen LogP contribution in [0, 0.1) is 0 Å². The number of fused-ring (bicyclic) bond motifs is 3. The monoisotopic (exact) mass is 212 g/mol. The van der Waals surface area contributed by atoms with Crippen molar-refractivity contribution in [2.75, 3.05) is 6.61 Å². The Balaban J connectivity index is 2.40. The molecule has 1 heterocycles. The molecule has 0 unspecified atom stereocenters. The zero-order valence-electron chi connectivity index (χ0n) is 9.03. The highest BCUT2D eigenvalue weighted by atomic mass is 16.5. The Morgan fingerprint density at radius 1 is 1.19 bits per heavy atom. The van der Waals surface area contributed by atoms with Crippen molar-refractivity contribution in [3.8, 4) is 11.5 Å². The minimum atomic E-state index is 0.297. The van der Waals surface area contributed by atoms with Crippen molar-refractivity contribution in [3.05, 3.63) is 42.0 Å². The lowest BCUT2D eigenvalue weighted by atomic mass is 9.96. The zero-order valence-corrected chi connectivity index (χ0v) is 9.03. The quantitative estimate of drug-likeness (QED) is 0.725. The number of hydrogen-bond acceptors (Lipinski definition) is 2. The van der Waals surface area contributed by atoms with Crippen molar-refractivity contribution >= 4 is 16.3 Å². The zero-order chi connectivity index (χ0) is 11.1. The summed E-state index contributed by atoms with van der Waals surface area (Å²) in [6.45, 7) is 2.73. The number of ether oxygens (including phenoxy) is 1. The largest absolute Gasteiger partial charge is 0.508 e. The van der Waals surface area contributed by atoms with Gasteiger partial charge >= 0.3 is 0 Å². The Morgan fingerprint density at radius 2 is 2.06 bits per heavy atom. The molecular formula is C14H12O2. The van der Waals surface area contributed by atoms with Crippen molar-refractivity contribution in [2.45, 2.75) is 6.92 Å². The molecule has 0 fully saturated rings. The third kappa shape index (κ3) is 1.27. The van der Waals surface area contributed by atoms with E-state index in [2.05, 4.69) is 13.0 Å². The van der Waals surface area contributed by atoms with Gasteiger partial charge in [-0.3, -0.25) is 0 Å². The van der Waals surface area contributed by atoms with Crippen LogP contribution >= 0.6 is 0 Å². The maximum Gasteiger partial charge on any atom is 0.127 e. The van der Waals surface area contributed by atoms with Gasteiger partial charge in [0, 0.05) is 5.56 Å². The first-order valence-electron chi connectivity index (χ1n) is 5.31. The second-order valence-electron chi connectivity index (χ2n) is 4.04. The summed E-state index contributed by atoms with van der Waals surface area (Å²) in [4.78, 5) is 0. The van der Waals surface area contributed by atoms with Crippen LogP contribution in [-0.2, 0) is 0 Å². The minimum absolute atomic E-state index is 0.297. The van der Waals surface area contributed by atoms with Crippen molar-refractivity contribution in [3.63, 3.8) is 0 Å². The van der Waals surface area contributed by atoms with E-state index >= 15 is 0 Å². The highest BCUT2D eigenvalue weighted by Crippen LogP contribution is 2.36. The summed E-state index contributed by atoms with van der Waals surface area (Å²) in [5.74, 6) is 1.23. The summed E-state index contributed by atoms with van der Waals surface area (Å²) in [5.41, 5.74) is 2.38. The van der Waals surface area contributed by atoms with Gasteiger partial charge in [0.05, 0.1) is 0 Å². The molecule has 0 saturated heterocycles. The molecule has 0 aliphatic carbocycles. The summed E-state index contributed by atoms with van der Waals surface area (Å²) < 4.78 is 5.59. The van der Waals surface area contributed by atoms with Crippen molar-refractivity contribution in [1.82, 2.24) is 0 Å². The highest BCUT2D eigenvalue weighted by Gasteiger charge is 2.13. The van der Waals surface area contributed by atoms with Crippen LogP contribution in [0.2, 0.25) is 0 Å². The lowest BCUT2D eigenvalue weighted by molar-refractivity contribution is 0.358. The van der Waals surface area contributed by atoms with Crippen LogP contribution in [0.4, 0.5) is 0 Å². The van der Waals surface area contributed by atoms with Gasteiger partial charge in [-0.05, 0) is 53.6 Å². The van der Waals surface area contributed by atoms with E-state index in [9.17, 15) is 5.11 Å². The van der Waals surface area contributed by atoms with Gasteiger partial charge in [0.1, 0.15) is 18.1 Å². The number of benzene rings is 2. The van der Waals surface area contributed by atoms with Gasteiger partial charge in [-0.15, -0.1) is 0 Å². The molecule has 2 aromatic carbocycles. The first kappa shape index (κ1) is 9.28. The van der Waals surface area contributed by atoms with E-state index in [0.717, 1.165) is 22.1 Å². The van der Waals surface area contributed by atoms with Gasteiger partial charge in [0.15, 0.2) is 0 Å². The molecule has 1 aliphatic rings. The molecule has 0 bridgehead atoms. The lowest BCUT2D eigenvalue weighted by Gasteiger charge is -2.18. The van der Waals surface area contributed by atoms with Gasteiger partial charge in [0.2, 0.25) is 0 Å². The number of aromatic hydroxyl groups is 1. The fourth-order valence-corrected chi connectivity index (χ4v) is 2.18. The Morgan fingerprint density at radius 3 is 2.94 bits per heavy atom. The molecular weight excluding hydrogens is 200 g/mol. The topological polar surface area (TPSA) is 29.5 Å². The van der Waals surface area contributed by atoms with E-state index in [0.29, 0.717) is 12.4 Å². The highest BCUT2D eigenvalue weighted by molar-refractivity contribution is 5.97. The Hall–Kier alpha value is -1.96. The first-order chi connectivity index (χ1) is 7.75. The van der Waals surface area contributed by atoms with Gasteiger partial charge in [-0.25, -0.2) is 0 Å². The van der Waals surface area contributed by atoms with Crippen LogP contribution in [0.1, 0.15) is 12.5 Å². The fraction of sp³-hybridized carbons (Fsp3) is 0.143. The minimum Gasteiger partial charge on any atom is -0.508 e. The third-order valence-corrected chi connectivity index (χ3v) is 2.99. The van der Waals surface area contributed by atoms with Crippen molar-refractivity contribution < 1.29 is 9.84 Å². The molecule has 0 spiro atoms. The Labute approximate surface area is 93.8 Å². The normalized spacial score (nSPS) is 14.2. The SMILES string of the molecule is CC1=CCOc2ccc3cc(O)ccc3c21. The average molecular weight is 212 g/mol. The summed E-state index contributed by atoms with van der Waals surface area (Å²) in [6.07, 6.45) is 2.08. The van der Waals surface area contributed by atoms with Crippen LogP contribution < -0.4 is 4.74 Å². The molecule has 1 aliphatic heterocycles. The van der Waals surface area contributed by atoms with Crippen LogP contribution in [0.3, 0.4) is 0 Å². The predicted molar refractivity (Wildman–Crippen MR) is 64.8 cm³/mol. The van der Waals surface area contributed by atoms with E-state index in [1.165, 1.54) is 5.57 Å². The predicted octanol–water partition coefficient (Wildman–Crippen LogP) is 3.34. The third-order valence-electron chi connectivity index (χ3n) is 2.99. The van der Waals surface area contributed by atoms with E-state index in [1.807, 2.05) is 18.2 Å². The van der Waals surface area contributed by atoms with Crippen LogP contribution in [0.5, 0.6) is 11.5 Å². The molecule has 0 amide bonds. The Kier molecular flexibility index (Phi) is 1.90. The van der Waals surface area contributed by atoms with Crippen LogP contribution in [0.25, 0.3) is 16.3 Å². The van der Waals surface area contributed by atoms with Gasteiger partial charge < -0.3 is 9.84 Å². The summed E-state index contributed by atoms with van der Waals surface area (Å²) in [7, 11) is 0. The molecule has 2 nitrogen and oxygen atoms in total. The molecule has 0 aromatic heterocycles. The molecule has 3 rings (SSSR count). The molecule has 1 N–H and O–H groups in total. The van der Waals surface area contributed by atoms with Crippen LogP contribution in [0.15, 0.2) is 36.4 Å². The molecule has 0 atom stereocenters. The second-order valence-corrected chi connectivity index (χ2v) is 4.04. The maximum atomic E-state index is 9.45. The molecule has 0 saturated carbocycles. The summed E-state index contributed by atoms with van der Waals surface area (Å²) >= 11 is 0. The van der Waals surface area contributed by atoms with Crippen molar-refractivity contribution in [1.29, 1.82) is 0 Å². The van der Waals surface area contributed by atoms with Gasteiger partial charge in [0.25, 0.3) is 0 Å². The van der Waals surface area contributed by atoms with E-state index in [4.69, 9.17) is 4.74 Å². The van der Waals surface area contributed by atoms with E-state index < -0.39 is 0 Å². The first-order valence-corrected chi connectivity index (χ1v) is 5.31. The number of allylic oxidation sites excluding steroid dienone is 1. The van der Waals surface area contributed by atoms with E-state index in [1.54, 1.807) is 12.1 Å². The number of phenolic OH excluding ortho intramolecular Hbond substituents is 1. The van der Waals surface area contributed by atoms with Crippen LogP contribution in [-0.4, -0.2) is 11.7 Å². The molecule has 0 radical (unpaired) electrons. The van der Waals surface area contributed by atoms with Crippen molar-refractivity contribution in [2.24, 2.45) is 0 Å². The average Bonchev–Trinajstić information content (AvgIpc) is 2.29. The molecule has 16 heavy (non-hydrogen) atoms. The lowest BCUT2D eigenvalue weighted by Crippen LogP contribution is -2.03. The summed E-state index contributed by atoms with van der Waals surface area (Å²) in [5, 5.41) is 11.6. The molecule has 2 aromatic rings. The van der Waals surface area contributed by atoms with E-state index in [-0.39, 0.29) is 0 Å². The smallest absolute Gasteiger partial charge is 0.127 e. The van der Waals surface area contributed by atoms with Gasteiger partial charge in [-0.2, -0.15) is 0 Å². The standard InChI is InChI=1S/C14H12O2/c1-9-6-7-16-13-5-2-10-8-11(15)3-4-12(10)14(9)13/h2-6,8,15H,7H2,1H3. The van der Waals surface area contributed by atoms with Gasteiger partial charge in [-0.1, -0.05) is 6.07 Å². The number of hydrogen-bond donors (Lipinski definition) is 1. The molecule has 2 heteroatoms. The maximum absolute atomic E-state index is 9.45. The summed E-state index contributed by atoms with van der Waals surface area (Å²) in [6, 6.07) is 9.37. The molecule has 80 valence electrons. The Bertz CT molecular complexity index is 597.